The van der Waals surface area contributed by atoms with Crippen LogP contribution in [0.3, 0.4) is 0 Å². The first kappa shape index (κ1) is 14.6. The zero-order valence-corrected chi connectivity index (χ0v) is 11.3. The molecule has 1 aromatic heterocycles. The Bertz CT molecular complexity index is 375. The van der Waals surface area contributed by atoms with Gasteiger partial charge in [0.25, 0.3) is 5.91 Å². The highest BCUT2D eigenvalue weighted by Gasteiger charge is 2.06. The SMILES string of the molecule is CC(C)CCN(C)Cc1ccc(C(=O)NN)cn1. The van der Waals surface area contributed by atoms with Crippen LogP contribution in [-0.2, 0) is 6.54 Å². The van der Waals surface area contributed by atoms with Crippen LogP contribution in [0.2, 0.25) is 0 Å². The highest BCUT2D eigenvalue weighted by atomic mass is 16.2. The zero-order valence-electron chi connectivity index (χ0n) is 11.3. The molecule has 0 unspecified atom stereocenters. The maximum atomic E-state index is 11.2. The van der Waals surface area contributed by atoms with Crippen LogP contribution in [0.15, 0.2) is 18.3 Å². The standard InChI is InChI=1S/C13H22N4O/c1-10(2)6-7-17(3)9-12-5-4-11(8-15-12)13(18)16-14/h4-5,8,10H,6-7,9,14H2,1-3H3,(H,16,18). The topological polar surface area (TPSA) is 71.2 Å². The summed E-state index contributed by atoms with van der Waals surface area (Å²) in [7, 11) is 2.07. The van der Waals surface area contributed by atoms with Gasteiger partial charge in [-0.1, -0.05) is 13.8 Å². The fourth-order valence-electron chi connectivity index (χ4n) is 1.57. The number of hydrogen-bond donors (Lipinski definition) is 2. The van der Waals surface area contributed by atoms with Crippen LogP contribution in [0.1, 0.15) is 36.3 Å². The Hall–Kier alpha value is -1.46. The Kier molecular flexibility index (Phi) is 5.74. The molecule has 0 aliphatic heterocycles. The minimum atomic E-state index is -0.317. The number of rotatable bonds is 6. The van der Waals surface area contributed by atoms with Crippen molar-refractivity contribution in [3.8, 4) is 0 Å². The van der Waals surface area contributed by atoms with Crippen LogP contribution < -0.4 is 11.3 Å². The molecule has 5 nitrogen and oxygen atoms in total. The monoisotopic (exact) mass is 250 g/mol. The maximum Gasteiger partial charge on any atom is 0.266 e. The van der Waals surface area contributed by atoms with Crippen molar-refractivity contribution in [3.05, 3.63) is 29.6 Å². The van der Waals surface area contributed by atoms with Gasteiger partial charge in [0.2, 0.25) is 0 Å². The predicted molar refractivity (Wildman–Crippen MR) is 71.7 cm³/mol. The minimum Gasteiger partial charge on any atom is -0.301 e. The summed E-state index contributed by atoms with van der Waals surface area (Å²) in [6.07, 6.45) is 2.72. The molecular formula is C13H22N4O. The molecule has 1 amide bonds. The van der Waals surface area contributed by atoms with Crippen LogP contribution in [0, 0.1) is 5.92 Å². The van der Waals surface area contributed by atoms with E-state index in [4.69, 9.17) is 5.84 Å². The van der Waals surface area contributed by atoms with E-state index in [1.165, 1.54) is 6.42 Å². The van der Waals surface area contributed by atoms with Crippen LogP contribution >= 0.6 is 0 Å². The smallest absolute Gasteiger partial charge is 0.266 e. The van der Waals surface area contributed by atoms with Crippen molar-refractivity contribution in [2.45, 2.75) is 26.8 Å². The van der Waals surface area contributed by atoms with Gasteiger partial charge in [-0.25, -0.2) is 5.84 Å². The van der Waals surface area contributed by atoms with Crippen LogP contribution in [-0.4, -0.2) is 29.4 Å². The van der Waals surface area contributed by atoms with Gasteiger partial charge in [0.15, 0.2) is 0 Å². The molecule has 0 aromatic carbocycles. The Labute approximate surface area is 108 Å². The maximum absolute atomic E-state index is 11.2. The van der Waals surface area contributed by atoms with Gasteiger partial charge >= 0.3 is 0 Å². The second-order valence-electron chi connectivity index (χ2n) is 4.93. The van der Waals surface area contributed by atoms with E-state index >= 15 is 0 Å². The van der Waals surface area contributed by atoms with Crippen molar-refractivity contribution >= 4 is 5.91 Å². The van der Waals surface area contributed by atoms with Gasteiger partial charge in [-0.15, -0.1) is 0 Å². The summed E-state index contributed by atoms with van der Waals surface area (Å²) in [4.78, 5) is 17.7. The number of pyridine rings is 1. The van der Waals surface area contributed by atoms with Crippen molar-refractivity contribution in [2.75, 3.05) is 13.6 Å². The molecule has 5 heteroatoms. The highest BCUT2D eigenvalue weighted by Crippen LogP contribution is 2.05. The molecule has 1 aromatic rings. The van der Waals surface area contributed by atoms with Crippen LogP contribution in [0.25, 0.3) is 0 Å². The molecule has 0 aliphatic rings. The molecule has 1 rings (SSSR count). The Balaban J connectivity index is 2.50. The molecule has 18 heavy (non-hydrogen) atoms. The molecule has 0 spiro atoms. The molecule has 1 heterocycles. The largest absolute Gasteiger partial charge is 0.301 e. The number of nitrogens with one attached hydrogen (secondary N) is 1. The third-order valence-corrected chi connectivity index (χ3v) is 2.74. The van der Waals surface area contributed by atoms with Gasteiger partial charge in [-0.3, -0.25) is 15.2 Å². The van der Waals surface area contributed by atoms with Crippen molar-refractivity contribution in [1.29, 1.82) is 0 Å². The first-order valence-electron chi connectivity index (χ1n) is 6.17. The van der Waals surface area contributed by atoms with Gasteiger partial charge in [-0.2, -0.15) is 0 Å². The Morgan fingerprint density at radius 1 is 1.50 bits per heavy atom. The quantitative estimate of drug-likeness (QED) is 0.451. The number of aromatic nitrogens is 1. The summed E-state index contributed by atoms with van der Waals surface area (Å²) in [5.74, 6) is 5.44. The van der Waals surface area contributed by atoms with Gasteiger partial charge in [0.1, 0.15) is 0 Å². The number of nitrogens with zero attached hydrogens (tertiary/aromatic N) is 2. The number of nitrogen functional groups attached to an aromatic ring is 1. The third-order valence-electron chi connectivity index (χ3n) is 2.74. The summed E-state index contributed by atoms with van der Waals surface area (Å²) in [6.45, 7) is 6.26. The van der Waals surface area contributed by atoms with E-state index in [0.29, 0.717) is 11.5 Å². The van der Waals surface area contributed by atoms with Gasteiger partial charge < -0.3 is 4.90 Å². The minimum absolute atomic E-state index is 0.317. The Morgan fingerprint density at radius 2 is 2.22 bits per heavy atom. The Morgan fingerprint density at radius 3 is 2.72 bits per heavy atom. The van der Waals surface area contributed by atoms with Crippen molar-refractivity contribution in [2.24, 2.45) is 11.8 Å². The first-order chi connectivity index (χ1) is 8.52. The molecule has 100 valence electrons. The molecule has 0 radical (unpaired) electrons. The fourth-order valence-corrected chi connectivity index (χ4v) is 1.57. The predicted octanol–water partition coefficient (Wildman–Crippen LogP) is 1.16. The molecule has 0 fully saturated rings. The molecule has 0 atom stereocenters. The van der Waals surface area contributed by atoms with E-state index in [1.54, 1.807) is 12.3 Å². The first-order valence-corrected chi connectivity index (χ1v) is 6.17. The lowest BCUT2D eigenvalue weighted by Gasteiger charge is -2.17. The van der Waals surface area contributed by atoms with E-state index in [1.807, 2.05) is 6.07 Å². The second kappa shape index (κ2) is 7.08. The average molecular weight is 250 g/mol. The third kappa shape index (κ3) is 4.81. The van der Waals surface area contributed by atoms with Crippen LogP contribution in [0.4, 0.5) is 0 Å². The van der Waals surface area contributed by atoms with E-state index in [2.05, 4.69) is 36.2 Å². The average Bonchev–Trinajstić information content (AvgIpc) is 2.36. The summed E-state index contributed by atoms with van der Waals surface area (Å²) < 4.78 is 0. The van der Waals surface area contributed by atoms with Gasteiger partial charge in [0.05, 0.1) is 11.3 Å². The number of nitrogens with two attached hydrogens (primary N) is 1. The summed E-state index contributed by atoms with van der Waals surface area (Å²) in [5, 5.41) is 0. The van der Waals surface area contributed by atoms with Crippen molar-refractivity contribution < 1.29 is 4.79 Å². The van der Waals surface area contributed by atoms with E-state index in [9.17, 15) is 4.79 Å². The molecule has 0 saturated carbocycles. The van der Waals surface area contributed by atoms with Crippen molar-refractivity contribution in [3.63, 3.8) is 0 Å². The van der Waals surface area contributed by atoms with Gasteiger partial charge in [-0.05, 0) is 38.1 Å². The summed E-state index contributed by atoms with van der Waals surface area (Å²) in [5.41, 5.74) is 3.52. The number of hydrazine groups is 1. The summed E-state index contributed by atoms with van der Waals surface area (Å²) >= 11 is 0. The summed E-state index contributed by atoms with van der Waals surface area (Å²) in [6, 6.07) is 3.59. The molecule has 0 aliphatic carbocycles. The van der Waals surface area contributed by atoms with Crippen molar-refractivity contribution in [1.82, 2.24) is 15.3 Å². The number of carbonyl (C=O) groups excluding carboxylic acids is 1. The number of hydrogen-bond acceptors (Lipinski definition) is 4. The fraction of sp³-hybridized carbons (Fsp3) is 0.538. The molecular weight excluding hydrogens is 228 g/mol. The second-order valence-corrected chi connectivity index (χ2v) is 4.93. The molecule has 3 N–H and O–H groups in total. The van der Waals surface area contributed by atoms with Crippen LogP contribution in [0.5, 0.6) is 0 Å². The number of carbonyl (C=O) groups is 1. The molecule has 0 bridgehead atoms. The highest BCUT2D eigenvalue weighted by molar-refractivity contribution is 5.93. The lowest BCUT2D eigenvalue weighted by atomic mass is 10.1. The molecule has 0 saturated heterocycles. The lowest BCUT2D eigenvalue weighted by Crippen LogP contribution is -2.30. The zero-order chi connectivity index (χ0) is 13.5. The van der Waals surface area contributed by atoms with E-state index in [0.717, 1.165) is 18.8 Å². The number of amides is 1. The van der Waals surface area contributed by atoms with E-state index in [-0.39, 0.29) is 5.91 Å². The van der Waals surface area contributed by atoms with E-state index < -0.39 is 0 Å². The normalized spacial score (nSPS) is 11.0. The van der Waals surface area contributed by atoms with Gasteiger partial charge in [0, 0.05) is 12.7 Å². The lowest BCUT2D eigenvalue weighted by molar-refractivity contribution is 0.0953.